The second kappa shape index (κ2) is 8.25. The second-order valence-electron chi connectivity index (χ2n) is 4.53. The van der Waals surface area contributed by atoms with Crippen molar-refractivity contribution in [3.63, 3.8) is 0 Å². The molecule has 0 aliphatic rings. The van der Waals surface area contributed by atoms with E-state index in [1.807, 2.05) is 13.8 Å². The van der Waals surface area contributed by atoms with Crippen molar-refractivity contribution in [3.05, 3.63) is 47.8 Å². The Hall–Kier alpha value is -1.97. The highest BCUT2D eigenvalue weighted by molar-refractivity contribution is 6.07. The lowest BCUT2D eigenvalue weighted by Crippen LogP contribution is -2.31. The Morgan fingerprint density at radius 1 is 1.05 bits per heavy atom. The molecule has 1 aromatic rings. The molecule has 4 heteroatoms. The summed E-state index contributed by atoms with van der Waals surface area (Å²) >= 11 is 0. The van der Waals surface area contributed by atoms with Crippen LogP contribution in [0.3, 0.4) is 0 Å². The van der Waals surface area contributed by atoms with E-state index in [0.29, 0.717) is 18.7 Å². The first-order chi connectivity index (χ1) is 9.58. The highest BCUT2D eigenvalue weighted by atomic mass is 19.1. The van der Waals surface area contributed by atoms with E-state index < -0.39 is 5.82 Å². The molecule has 0 heterocycles. The summed E-state index contributed by atoms with van der Waals surface area (Å²) in [5.41, 5.74) is 0.369. The Kier molecular flexibility index (Phi) is 6.64. The highest BCUT2D eigenvalue weighted by Gasteiger charge is 2.09. The first-order valence-electron chi connectivity index (χ1n) is 6.85. The number of halogens is 1. The van der Waals surface area contributed by atoms with E-state index in [0.717, 1.165) is 12.8 Å². The molecule has 0 aliphatic carbocycles. The fourth-order valence-corrected chi connectivity index (χ4v) is 1.83. The Balaban J connectivity index is 2.67. The van der Waals surface area contributed by atoms with Crippen LogP contribution in [0.25, 0.3) is 0 Å². The molecule has 0 aromatic heterocycles. The first kappa shape index (κ1) is 16.1. The third-order valence-electron chi connectivity index (χ3n) is 2.80. The summed E-state index contributed by atoms with van der Waals surface area (Å²) in [6, 6.07) is 5.26. The summed E-state index contributed by atoms with van der Waals surface area (Å²) in [6.07, 6.45) is 4.29. The van der Waals surface area contributed by atoms with Crippen molar-refractivity contribution in [3.8, 4) is 0 Å². The molecule has 0 fully saturated rings. The first-order valence-corrected chi connectivity index (χ1v) is 6.85. The van der Waals surface area contributed by atoms with E-state index >= 15 is 0 Å². The van der Waals surface area contributed by atoms with E-state index in [1.165, 1.54) is 36.4 Å². The molecule has 0 atom stereocenters. The number of carbonyl (C=O) groups is 2. The van der Waals surface area contributed by atoms with Gasteiger partial charge in [-0.3, -0.25) is 9.59 Å². The van der Waals surface area contributed by atoms with Gasteiger partial charge >= 0.3 is 0 Å². The van der Waals surface area contributed by atoms with E-state index in [-0.39, 0.29) is 11.7 Å². The van der Waals surface area contributed by atoms with E-state index in [2.05, 4.69) is 0 Å². The maximum atomic E-state index is 12.7. The van der Waals surface area contributed by atoms with Crippen LogP contribution in [0.15, 0.2) is 36.4 Å². The Morgan fingerprint density at radius 2 is 1.60 bits per heavy atom. The number of benzene rings is 1. The van der Waals surface area contributed by atoms with Crippen molar-refractivity contribution in [2.75, 3.05) is 13.1 Å². The zero-order valence-electron chi connectivity index (χ0n) is 11.9. The molecular weight excluding hydrogens is 257 g/mol. The molecule has 0 aliphatic heterocycles. The molecule has 0 radical (unpaired) electrons. The molecule has 108 valence electrons. The summed E-state index contributed by atoms with van der Waals surface area (Å²) in [6.45, 7) is 5.37. The van der Waals surface area contributed by atoms with Gasteiger partial charge in [0.1, 0.15) is 5.82 Å². The summed E-state index contributed by atoms with van der Waals surface area (Å²) in [4.78, 5) is 25.5. The Bertz CT molecular complexity index is 474. The van der Waals surface area contributed by atoms with Gasteiger partial charge in [0.2, 0.25) is 5.91 Å². The normalized spacial score (nSPS) is 10.8. The molecule has 0 saturated carbocycles. The van der Waals surface area contributed by atoms with Gasteiger partial charge < -0.3 is 4.90 Å². The van der Waals surface area contributed by atoms with Crippen molar-refractivity contribution in [2.24, 2.45) is 0 Å². The minimum Gasteiger partial charge on any atom is -0.339 e. The van der Waals surface area contributed by atoms with Gasteiger partial charge in [-0.25, -0.2) is 4.39 Å². The summed E-state index contributed by atoms with van der Waals surface area (Å²) in [7, 11) is 0. The molecule has 0 unspecified atom stereocenters. The van der Waals surface area contributed by atoms with Crippen molar-refractivity contribution in [1.82, 2.24) is 4.90 Å². The van der Waals surface area contributed by atoms with Gasteiger partial charge in [-0.2, -0.15) is 0 Å². The van der Waals surface area contributed by atoms with Crippen LogP contribution in [0.2, 0.25) is 0 Å². The minimum absolute atomic E-state index is 0.163. The van der Waals surface area contributed by atoms with Gasteiger partial charge in [-0.1, -0.05) is 13.8 Å². The molecule has 20 heavy (non-hydrogen) atoms. The van der Waals surface area contributed by atoms with Crippen molar-refractivity contribution in [1.29, 1.82) is 0 Å². The van der Waals surface area contributed by atoms with Crippen LogP contribution in [0.4, 0.5) is 4.39 Å². The van der Waals surface area contributed by atoms with Crippen LogP contribution in [0.1, 0.15) is 37.0 Å². The summed E-state index contributed by atoms with van der Waals surface area (Å²) in [5, 5.41) is 0. The van der Waals surface area contributed by atoms with Crippen LogP contribution >= 0.6 is 0 Å². The van der Waals surface area contributed by atoms with Crippen LogP contribution in [0.5, 0.6) is 0 Å². The third kappa shape index (κ3) is 4.96. The molecule has 1 amide bonds. The molecule has 3 nitrogen and oxygen atoms in total. The number of allylic oxidation sites excluding steroid dienone is 1. The Morgan fingerprint density at radius 3 is 2.10 bits per heavy atom. The highest BCUT2D eigenvalue weighted by Crippen LogP contribution is 2.05. The van der Waals surface area contributed by atoms with Crippen molar-refractivity contribution in [2.45, 2.75) is 26.7 Å². The molecule has 0 N–H and O–H groups in total. The number of hydrogen-bond acceptors (Lipinski definition) is 2. The van der Waals surface area contributed by atoms with Gasteiger partial charge in [-0.15, -0.1) is 0 Å². The number of nitrogens with zero attached hydrogens (tertiary/aromatic N) is 1. The van der Waals surface area contributed by atoms with Gasteiger partial charge in [0.05, 0.1) is 0 Å². The zero-order chi connectivity index (χ0) is 15.0. The largest absolute Gasteiger partial charge is 0.339 e. The van der Waals surface area contributed by atoms with E-state index in [4.69, 9.17) is 0 Å². The zero-order valence-corrected chi connectivity index (χ0v) is 11.9. The SMILES string of the molecule is CCCN(CCC)C(=O)/C=C/C(=O)c1ccc(F)cc1. The lowest BCUT2D eigenvalue weighted by molar-refractivity contribution is -0.126. The summed E-state index contributed by atoms with van der Waals surface area (Å²) < 4.78 is 12.7. The van der Waals surface area contributed by atoms with Crippen molar-refractivity contribution < 1.29 is 14.0 Å². The molecule has 0 saturated heterocycles. The predicted octanol–water partition coefficient (Wildman–Crippen LogP) is 3.21. The maximum absolute atomic E-state index is 12.7. The van der Waals surface area contributed by atoms with Crippen LogP contribution in [-0.4, -0.2) is 29.7 Å². The lowest BCUT2D eigenvalue weighted by Gasteiger charge is -2.19. The quantitative estimate of drug-likeness (QED) is 0.567. The number of ketones is 1. The van der Waals surface area contributed by atoms with Crippen LogP contribution < -0.4 is 0 Å². The maximum Gasteiger partial charge on any atom is 0.246 e. The number of rotatable bonds is 7. The van der Waals surface area contributed by atoms with E-state index in [1.54, 1.807) is 4.90 Å². The van der Waals surface area contributed by atoms with Gasteiger partial charge in [0.15, 0.2) is 5.78 Å². The smallest absolute Gasteiger partial charge is 0.246 e. The topological polar surface area (TPSA) is 37.4 Å². The van der Waals surface area contributed by atoms with Crippen LogP contribution in [0, 0.1) is 5.82 Å². The molecule has 0 spiro atoms. The van der Waals surface area contributed by atoms with E-state index in [9.17, 15) is 14.0 Å². The van der Waals surface area contributed by atoms with Crippen molar-refractivity contribution >= 4 is 11.7 Å². The fraction of sp³-hybridized carbons (Fsp3) is 0.375. The number of hydrogen-bond donors (Lipinski definition) is 0. The Labute approximate surface area is 119 Å². The average Bonchev–Trinajstić information content (AvgIpc) is 2.45. The molecular formula is C16H20FNO2. The molecule has 1 rings (SSSR count). The van der Waals surface area contributed by atoms with Gasteiger partial charge in [-0.05, 0) is 43.2 Å². The molecule has 1 aromatic carbocycles. The standard InChI is InChI=1S/C16H20FNO2/c1-3-11-18(12-4-2)16(20)10-9-15(19)13-5-7-14(17)8-6-13/h5-10H,3-4,11-12H2,1-2H3/b10-9+. The number of amides is 1. The van der Waals surface area contributed by atoms with Gasteiger partial charge in [0, 0.05) is 24.7 Å². The average molecular weight is 277 g/mol. The lowest BCUT2D eigenvalue weighted by atomic mass is 10.1. The van der Waals surface area contributed by atoms with Crippen LogP contribution in [-0.2, 0) is 4.79 Å². The monoisotopic (exact) mass is 277 g/mol. The fourth-order valence-electron chi connectivity index (χ4n) is 1.83. The minimum atomic E-state index is -0.390. The van der Waals surface area contributed by atoms with Gasteiger partial charge in [0.25, 0.3) is 0 Å². The predicted molar refractivity (Wildman–Crippen MR) is 77.0 cm³/mol. The second-order valence-corrected chi connectivity index (χ2v) is 4.53. The third-order valence-corrected chi connectivity index (χ3v) is 2.80. The molecule has 0 bridgehead atoms. The number of carbonyl (C=O) groups excluding carboxylic acids is 2. The summed E-state index contributed by atoms with van der Waals surface area (Å²) in [5.74, 6) is -0.853.